The van der Waals surface area contributed by atoms with E-state index in [9.17, 15) is 19.8 Å². The van der Waals surface area contributed by atoms with Gasteiger partial charge in [0.2, 0.25) is 0 Å². The van der Waals surface area contributed by atoms with Crippen LogP contribution >= 0.6 is 11.6 Å². The first-order valence-electron chi connectivity index (χ1n) is 8.60. The van der Waals surface area contributed by atoms with Gasteiger partial charge in [-0.3, -0.25) is 4.79 Å². The molecule has 0 saturated heterocycles. The van der Waals surface area contributed by atoms with Crippen molar-refractivity contribution in [2.75, 3.05) is 0 Å². The number of benzene rings is 1. The van der Waals surface area contributed by atoms with E-state index in [1.54, 1.807) is 6.08 Å². The van der Waals surface area contributed by atoms with Crippen molar-refractivity contribution in [3.05, 3.63) is 46.5 Å². The van der Waals surface area contributed by atoms with Crippen LogP contribution in [0.1, 0.15) is 49.0 Å². The Morgan fingerprint density at radius 1 is 1.12 bits per heavy atom. The summed E-state index contributed by atoms with van der Waals surface area (Å²) in [5.41, 5.74) is -0.111. The molecule has 0 aromatic heterocycles. The summed E-state index contributed by atoms with van der Waals surface area (Å²) in [4.78, 5) is 24.9. The van der Waals surface area contributed by atoms with Crippen molar-refractivity contribution >= 4 is 23.4 Å². The van der Waals surface area contributed by atoms with E-state index < -0.39 is 17.5 Å². The Labute approximate surface area is 157 Å². The molecule has 0 bridgehead atoms. The van der Waals surface area contributed by atoms with Crippen LogP contribution in [0.3, 0.4) is 0 Å². The van der Waals surface area contributed by atoms with Crippen LogP contribution in [-0.2, 0) is 16.0 Å². The molecule has 5 nitrogen and oxygen atoms in total. The second kappa shape index (κ2) is 8.90. The molecular weight excluding hydrogens is 356 g/mol. The van der Waals surface area contributed by atoms with Gasteiger partial charge in [0.1, 0.15) is 23.2 Å². The predicted octanol–water partition coefficient (Wildman–Crippen LogP) is 4.34. The Morgan fingerprint density at radius 2 is 1.81 bits per heavy atom. The summed E-state index contributed by atoms with van der Waals surface area (Å²) in [5, 5.41) is 19.9. The summed E-state index contributed by atoms with van der Waals surface area (Å²) in [7, 11) is 0. The predicted molar refractivity (Wildman–Crippen MR) is 99.7 cm³/mol. The molecule has 1 atom stereocenters. The van der Waals surface area contributed by atoms with Crippen LogP contribution in [-0.4, -0.2) is 28.1 Å². The van der Waals surface area contributed by atoms with E-state index in [0.29, 0.717) is 12.8 Å². The molecule has 0 radical (unpaired) electrons. The van der Waals surface area contributed by atoms with Gasteiger partial charge in [-0.15, -0.1) is 0 Å². The first-order chi connectivity index (χ1) is 12.3. The van der Waals surface area contributed by atoms with Crippen LogP contribution in [0.5, 0.6) is 11.5 Å². The van der Waals surface area contributed by atoms with E-state index >= 15 is 0 Å². The van der Waals surface area contributed by atoms with Crippen LogP contribution in [0.25, 0.3) is 0 Å². The number of aromatic hydroxyl groups is 2. The van der Waals surface area contributed by atoms with Gasteiger partial charge in [0.05, 0.1) is 5.02 Å². The Balaban J connectivity index is 2.52. The number of halogens is 1. The van der Waals surface area contributed by atoms with E-state index in [2.05, 4.69) is 0 Å². The van der Waals surface area contributed by atoms with Gasteiger partial charge >= 0.3 is 5.97 Å². The van der Waals surface area contributed by atoms with Crippen molar-refractivity contribution in [3.63, 3.8) is 0 Å². The van der Waals surface area contributed by atoms with E-state index in [1.807, 2.05) is 26.0 Å². The largest absolute Gasteiger partial charge is 0.507 e. The van der Waals surface area contributed by atoms with Crippen molar-refractivity contribution < 1.29 is 24.5 Å². The average molecular weight is 379 g/mol. The lowest BCUT2D eigenvalue weighted by Gasteiger charge is -2.22. The standard InChI is InChI=1S/C20H23ClO5/c1-12(2)17-9-7-5-3-4-6-8-13(22)10-14-18(20(25)26-17)15(23)11-16(24)19(14)21/h5-8,11-12,17,23-24H,3-4,9-10H2,1-2H3/b7-5+,8-6+/t17-/m0/s1. The Bertz CT molecular complexity index is 749. The molecule has 1 aliphatic rings. The minimum atomic E-state index is -0.764. The maximum absolute atomic E-state index is 12.7. The molecule has 140 valence electrons. The van der Waals surface area contributed by atoms with Gasteiger partial charge in [0.15, 0.2) is 5.78 Å². The van der Waals surface area contributed by atoms with Gasteiger partial charge in [-0.1, -0.05) is 43.7 Å². The number of esters is 1. The number of fused-ring (bicyclic) bond motifs is 1. The number of cyclic esters (lactones) is 1. The minimum Gasteiger partial charge on any atom is -0.507 e. The second-order valence-electron chi connectivity index (χ2n) is 6.60. The quantitative estimate of drug-likeness (QED) is 0.561. The van der Waals surface area contributed by atoms with Crippen molar-refractivity contribution in [2.24, 2.45) is 5.92 Å². The molecule has 2 N–H and O–H groups in total. The number of hydrogen-bond donors (Lipinski definition) is 2. The maximum Gasteiger partial charge on any atom is 0.342 e. The van der Waals surface area contributed by atoms with Crippen LogP contribution in [0.15, 0.2) is 30.4 Å². The molecule has 0 unspecified atom stereocenters. The molecule has 1 aromatic rings. The molecule has 0 aliphatic carbocycles. The minimum absolute atomic E-state index is 0.0659. The van der Waals surface area contributed by atoms with E-state index in [0.717, 1.165) is 12.5 Å². The lowest BCUT2D eigenvalue weighted by molar-refractivity contribution is -0.114. The fourth-order valence-electron chi connectivity index (χ4n) is 2.72. The lowest BCUT2D eigenvalue weighted by atomic mass is 9.99. The van der Waals surface area contributed by atoms with Crippen molar-refractivity contribution in [3.8, 4) is 11.5 Å². The van der Waals surface area contributed by atoms with E-state index in [4.69, 9.17) is 16.3 Å². The summed E-state index contributed by atoms with van der Waals surface area (Å²) in [6.07, 6.45) is 8.55. The molecule has 0 spiro atoms. The zero-order valence-corrected chi connectivity index (χ0v) is 15.6. The molecule has 6 heteroatoms. The summed E-state index contributed by atoms with van der Waals surface area (Å²) < 4.78 is 5.57. The molecule has 0 fully saturated rings. The number of hydrogen-bond acceptors (Lipinski definition) is 5. The van der Waals surface area contributed by atoms with Gasteiger partial charge in [-0.2, -0.15) is 0 Å². The maximum atomic E-state index is 12.7. The topological polar surface area (TPSA) is 83.8 Å². The van der Waals surface area contributed by atoms with Crippen molar-refractivity contribution in [1.82, 2.24) is 0 Å². The number of rotatable bonds is 1. The van der Waals surface area contributed by atoms with Crippen LogP contribution in [0.2, 0.25) is 5.02 Å². The number of phenolic OH excluding ortho intramolecular Hbond substituents is 2. The smallest absolute Gasteiger partial charge is 0.342 e. The van der Waals surface area contributed by atoms with Crippen LogP contribution in [0.4, 0.5) is 0 Å². The summed E-state index contributed by atoms with van der Waals surface area (Å²) >= 11 is 6.11. The summed E-state index contributed by atoms with van der Waals surface area (Å²) in [6.45, 7) is 3.87. The van der Waals surface area contributed by atoms with Gasteiger partial charge in [-0.05, 0) is 24.8 Å². The Kier molecular flexibility index (Phi) is 6.86. The lowest BCUT2D eigenvalue weighted by Crippen LogP contribution is -2.24. The SMILES string of the molecule is CC(C)[C@@H]1C/C=C/CC/C=C/C(=O)Cc2c(Cl)c(O)cc(O)c2C(=O)O1. The number of ketones is 1. The van der Waals surface area contributed by atoms with Gasteiger partial charge < -0.3 is 14.9 Å². The Hall–Kier alpha value is -2.27. The van der Waals surface area contributed by atoms with E-state index in [-0.39, 0.29) is 40.4 Å². The van der Waals surface area contributed by atoms with Crippen molar-refractivity contribution in [2.45, 2.75) is 45.6 Å². The Morgan fingerprint density at radius 3 is 2.50 bits per heavy atom. The molecule has 1 aromatic carbocycles. The third kappa shape index (κ3) is 4.88. The van der Waals surface area contributed by atoms with Gasteiger partial charge in [-0.25, -0.2) is 4.79 Å². The molecule has 1 heterocycles. The highest BCUT2D eigenvalue weighted by Crippen LogP contribution is 2.37. The second-order valence-corrected chi connectivity index (χ2v) is 6.98. The number of phenols is 2. The van der Waals surface area contributed by atoms with E-state index in [1.165, 1.54) is 6.08 Å². The molecule has 0 saturated carbocycles. The highest BCUT2D eigenvalue weighted by molar-refractivity contribution is 6.33. The molecule has 1 aliphatic heterocycles. The fourth-order valence-corrected chi connectivity index (χ4v) is 2.93. The first-order valence-corrected chi connectivity index (χ1v) is 8.97. The molecule has 0 amide bonds. The third-order valence-electron chi connectivity index (χ3n) is 4.22. The average Bonchev–Trinajstić information content (AvgIpc) is 2.56. The first kappa shape index (κ1) is 20.0. The number of carbonyl (C=O) groups excluding carboxylic acids is 2. The zero-order chi connectivity index (χ0) is 19.3. The third-order valence-corrected chi connectivity index (χ3v) is 4.64. The number of carbonyl (C=O) groups is 2. The highest BCUT2D eigenvalue weighted by atomic mass is 35.5. The fraction of sp³-hybridized carbons (Fsp3) is 0.400. The molecular formula is C20H23ClO5. The summed E-state index contributed by atoms with van der Waals surface area (Å²) in [5.74, 6) is -1.84. The normalized spacial score (nSPS) is 21.6. The number of allylic oxidation sites excluding steroid dienone is 3. The summed E-state index contributed by atoms with van der Waals surface area (Å²) in [6, 6.07) is 0.982. The van der Waals surface area contributed by atoms with Crippen molar-refractivity contribution in [1.29, 1.82) is 0 Å². The van der Waals surface area contributed by atoms with Gasteiger partial charge in [0, 0.05) is 24.5 Å². The monoisotopic (exact) mass is 378 g/mol. The highest BCUT2D eigenvalue weighted by Gasteiger charge is 2.27. The number of ether oxygens (including phenoxy) is 1. The zero-order valence-electron chi connectivity index (χ0n) is 14.9. The van der Waals surface area contributed by atoms with Crippen LogP contribution in [0, 0.1) is 5.92 Å². The van der Waals surface area contributed by atoms with Crippen LogP contribution < -0.4 is 0 Å². The van der Waals surface area contributed by atoms with Gasteiger partial charge in [0.25, 0.3) is 0 Å². The molecule has 2 rings (SSSR count). The molecule has 26 heavy (non-hydrogen) atoms.